The van der Waals surface area contributed by atoms with Gasteiger partial charge in [-0.2, -0.15) is 0 Å². The number of hydrogen-bond donors (Lipinski definition) is 0. The standard InChI is InChI=1S/C25H38N2/c1-25-13-12-21-20-9-7-19(27(2)3)15-17(20)6-8-22(21)24(25)11-10-23(25)18-5-4-14-26-16-18/h4-5,14,16-17,19-24H,6-13,15H2,1-3H3/t17-,19-,20-,21+,22+,23+,24?,25+/m0/s1. The highest BCUT2D eigenvalue weighted by Crippen LogP contribution is 2.66. The SMILES string of the molecule is CN(C)[C@H]1CC[C@H]2[C@@H](CC[C@H]3C4CC[C@H](c5cccnc5)[C@@]4(C)CC[C@H]23)C1. The fourth-order valence-corrected chi connectivity index (χ4v) is 8.43. The van der Waals surface area contributed by atoms with Gasteiger partial charge in [-0.25, -0.2) is 0 Å². The molecule has 0 saturated heterocycles. The highest BCUT2D eigenvalue weighted by Gasteiger charge is 2.57. The molecule has 5 rings (SSSR count). The number of fused-ring (bicyclic) bond motifs is 5. The Balaban J connectivity index is 1.35. The van der Waals surface area contributed by atoms with E-state index in [9.17, 15) is 0 Å². The molecule has 0 bridgehead atoms. The van der Waals surface area contributed by atoms with Gasteiger partial charge in [0.25, 0.3) is 0 Å². The molecular weight excluding hydrogens is 328 g/mol. The number of hydrogen-bond acceptors (Lipinski definition) is 2. The molecule has 1 aromatic rings. The monoisotopic (exact) mass is 366 g/mol. The van der Waals surface area contributed by atoms with Crippen LogP contribution in [0.2, 0.25) is 0 Å². The van der Waals surface area contributed by atoms with Gasteiger partial charge < -0.3 is 4.90 Å². The van der Waals surface area contributed by atoms with Crippen molar-refractivity contribution >= 4 is 0 Å². The molecule has 0 aliphatic heterocycles. The third-order valence-corrected chi connectivity index (χ3v) is 9.74. The zero-order chi connectivity index (χ0) is 18.6. The quantitative estimate of drug-likeness (QED) is 0.662. The van der Waals surface area contributed by atoms with Crippen LogP contribution in [0.3, 0.4) is 0 Å². The van der Waals surface area contributed by atoms with Gasteiger partial charge in [0.05, 0.1) is 0 Å². The first kappa shape index (κ1) is 18.2. The molecule has 4 fully saturated rings. The van der Waals surface area contributed by atoms with Gasteiger partial charge in [-0.1, -0.05) is 13.0 Å². The number of pyridine rings is 1. The van der Waals surface area contributed by atoms with Crippen molar-refractivity contribution in [1.29, 1.82) is 0 Å². The molecule has 4 saturated carbocycles. The summed E-state index contributed by atoms with van der Waals surface area (Å²) in [5, 5.41) is 0. The minimum atomic E-state index is 0.526. The minimum Gasteiger partial charge on any atom is -0.306 e. The van der Waals surface area contributed by atoms with Crippen LogP contribution in [-0.2, 0) is 0 Å². The minimum absolute atomic E-state index is 0.526. The zero-order valence-corrected chi connectivity index (χ0v) is 17.6. The topological polar surface area (TPSA) is 16.1 Å². The molecule has 0 spiro atoms. The van der Waals surface area contributed by atoms with Crippen LogP contribution in [0.5, 0.6) is 0 Å². The third-order valence-electron chi connectivity index (χ3n) is 9.74. The average molecular weight is 367 g/mol. The summed E-state index contributed by atoms with van der Waals surface area (Å²) in [7, 11) is 4.58. The molecule has 0 N–H and O–H groups in total. The van der Waals surface area contributed by atoms with E-state index in [1.54, 1.807) is 0 Å². The van der Waals surface area contributed by atoms with E-state index in [2.05, 4.69) is 49.2 Å². The van der Waals surface area contributed by atoms with Crippen LogP contribution in [-0.4, -0.2) is 30.0 Å². The first-order valence-electron chi connectivity index (χ1n) is 11.6. The molecular formula is C25H38N2. The van der Waals surface area contributed by atoms with Crippen molar-refractivity contribution < 1.29 is 0 Å². The second-order valence-electron chi connectivity index (χ2n) is 10.8. The Morgan fingerprint density at radius 3 is 2.59 bits per heavy atom. The normalized spacial score (nSPS) is 46.6. The summed E-state index contributed by atoms with van der Waals surface area (Å²) in [5.74, 6) is 5.84. The van der Waals surface area contributed by atoms with Gasteiger partial charge >= 0.3 is 0 Å². The van der Waals surface area contributed by atoms with Crippen LogP contribution in [0.4, 0.5) is 0 Å². The summed E-state index contributed by atoms with van der Waals surface area (Å²) in [6.45, 7) is 2.65. The van der Waals surface area contributed by atoms with E-state index in [-0.39, 0.29) is 0 Å². The average Bonchev–Trinajstić information content (AvgIpc) is 3.05. The summed E-state index contributed by atoms with van der Waals surface area (Å²) in [6.07, 6.45) is 17.4. The molecule has 2 nitrogen and oxygen atoms in total. The van der Waals surface area contributed by atoms with Crippen molar-refractivity contribution in [3.63, 3.8) is 0 Å². The second-order valence-corrected chi connectivity index (χ2v) is 10.8. The number of aromatic nitrogens is 1. The molecule has 1 aromatic heterocycles. The van der Waals surface area contributed by atoms with Crippen molar-refractivity contribution in [3.05, 3.63) is 30.1 Å². The highest BCUT2D eigenvalue weighted by molar-refractivity contribution is 5.22. The lowest BCUT2D eigenvalue weighted by Gasteiger charge is -2.56. The molecule has 4 aliphatic carbocycles. The van der Waals surface area contributed by atoms with Gasteiger partial charge in [0.1, 0.15) is 0 Å². The summed E-state index contributed by atoms with van der Waals surface area (Å²) >= 11 is 0. The van der Waals surface area contributed by atoms with Crippen LogP contribution >= 0.6 is 0 Å². The fourth-order valence-electron chi connectivity index (χ4n) is 8.43. The predicted molar refractivity (Wildman–Crippen MR) is 112 cm³/mol. The largest absolute Gasteiger partial charge is 0.306 e. The molecule has 0 radical (unpaired) electrons. The summed E-state index contributed by atoms with van der Waals surface area (Å²) in [4.78, 5) is 6.95. The fraction of sp³-hybridized carbons (Fsp3) is 0.800. The van der Waals surface area contributed by atoms with Gasteiger partial charge in [-0.15, -0.1) is 0 Å². The first-order chi connectivity index (χ1) is 13.1. The second kappa shape index (κ2) is 6.87. The predicted octanol–water partition coefficient (Wildman–Crippen LogP) is 5.75. The Kier molecular flexibility index (Phi) is 4.62. The van der Waals surface area contributed by atoms with Gasteiger partial charge in [0.15, 0.2) is 0 Å². The smallest absolute Gasteiger partial charge is 0.0302 e. The maximum Gasteiger partial charge on any atom is 0.0302 e. The van der Waals surface area contributed by atoms with E-state index in [0.29, 0.717) is 5.41 Å². The van der Waals surface area contributed by atoms with Gasteiger partial charge in [-0.05, 0) is 124 Å². The summed E-state index contributed by atoms with van der Waals surface area (Å²) in [6, 6.07) is 5.33. The van der Waals surface area contributed by atoms with E-state index < -0.39 is 0 Å². The summed E-state index contributed by atoms with van der Waals surface area (Å²) in [5.41, 5.74) is 2.04. The van der Waals surface area contributed by atoms with Crippen molar-refractivity contribution in [2.75, 3.05) is 14.1 Å². The Labute approximate surface area is 166 Å². The Hall–Kier alpha value is -0.890. The molecule has 0 amide bonds. The third kappa shape index (κ3) is 2.89. The van der Waals surface area contributed by atoms with Gasteiger partial charge in [0, 0.05) is 18.4 Å². The van der Waals surface area contributed by atoms with Crippen LogP contribution < -0.4 is 0 Å². The maximum atomic E-state index is 4.45. The molecule has 148 valence electrons. The van der Waals surface area contributed by atoms with E-state index in [0.717, 1.165) is 41.5 Å². The molecule has 4 aliphatic rings. The highest BCUT2D eigenvalue weighted by atomic mass is 15.1. The number of rotatable bonds is 2. The zero-order valence-electron chi connectivity index (χ0n) is 17.6. The lowest BCUT2D eigenvalue weighted by Crippen LogP contribution is -2.49. The number of nitrogens with zero attached hydrogens (tertiary/aromatic N) is 2. The van der Waals surface area contributed by atoms with Crippen molar-refractivity contribution in [2.45, 2.75) is 76.7 Å². The van der Waals surface area contributed by atoms with Crippen LogP contribution in [0.15, 0.2) is 24.5 Å². The van der Waals surface area contributed by atoms with Crippen LogP contribution in [0, 0.1) is 35.0 Å². The lowest BCUT2D eigenvalue weighted by atomic mass is 9.49. The van der Waals surface area contributed by atoms with Crippen molar-refractivity contribution in [3.8, 4) is 0 Å². The van der Waals surface area contributed by atoms with E-state index in [1.807, 2.05) is 6.20 Å². The molecule has 8 atom stereocenters. The molecule has 27 heavy (non-hydrogen) atoms. The van der Waals surface area contributed by atoms with E-state index in [4.69, 9.17) is 0 Å². The van der Waals surface area contributed by atoms with Gasteiger partial charge in [0.2, 0.25) is 0 Å². The Morgan fingerprint density at radius 2 is 1.81 bits per heavy atom. The van der Waals surface area contributed by atoms with Crippen molar-refractivity contribution in [1.82, 2.24) is 9.88 Å². The van der Waals surface area contributed by atoms with E-state index >= 15 is 0 Å². The molecule has 1 unspecified atom stereocenters. The molecule has 0 aromatic carbocycles. The molecule has 1 heterocycles. The van der Waals surface area contributed by atoms with Crippen molar-refractivity contribution in [2.24, 2.45) is 35.0 Å². The lowest BCUT2D eigenvalue weighted by molar-refractivity contribution is -0.0624. The maximum absolute atomic E-state index is 4.45. The Morgan fingerprint density at radius 1 is 0.963 bits per heavy atom. The Bertz CT molecular complexity index is 656. The van der Waals surface area contributed by atoms with Crippen LogP contribution in [0.25, 0.3) is 0 Å². The summed E-state index contributed by atoms with van der Waals surface area (Å²) < 4.78 is 0. The van der Waals surface area contributed by atoms with E-state index in [1.165, 1.54) is 63.4 Å². The molecule has 2 heteroatoms. The van der Waals surface area contributed by atoms with Gasteiger partial charge in [-0.3, -0.25) is 4.98 Å². The first-order valence-corrected chi connectivity index (χ1v) is 11.6. The van der Waals surface area contributed by atoms with Crippen LogP contribution in [0.1, 0.15) is 76.2 Å².